The van der Waals surface area contributed by atoms with E-state index in [9.17, 15) is 4.39 Å². The van der Waals surface area contributed by atoms with Gasteiger partial charge in [-0.2, -0.15) is 5.26 Å². The summed E-state index contributed by atoms with van der Waals surface area (Å²) in [6.45, 7) is 3.86. The molecule has 124 valence electrons. The van der Waals surface area contributed by atoms with E-state index in [4.69, 9.17) is 5.26 Å². The van der Waals surface area contributed by atoms with Gasteiger partial charge in [-0.3, -0.25) is 0 Å². The van der Waals surface area contributed by atoms with Crippen LogP contribution in [0.4, 0.5) is 15.9 Å². The molecular weight excluding hydrogens is 305 g/mol. The van der Waals surface area contributed by atoms with Crippen LogP contribution >= 0.6 is 0 Å². The number of nitrogens with one attached hydrogen (secondary N) is 1. The van der Waals surface area contributed by atoms with E-state index in [0.717, 1.165) is 43.9 Å². The smallest absolute Gasteiger partial charge is 0.132 e. The number of halogens is 1. The summed E-state index contributed by atoms with van der Waals surface area (Å²) in [6.07, 6.45) is 4.40. The minimum absolute atomic E-state index is 0.270. The van der Waals surface area contributed by atoms with Gasteiger partial charge in [-0.15, -0.1) is 0 Å². The van der Waals surface area contributed by atoms with Crippen molar-refractivity contribution in [2.45, 2.75) is 32.2 Å². The van der Waals surface area contributed by atoms with Crippen LogP contribution in [0.3, 0.4) is 0 Å². The SMILES string of the molecule is CCc1cc(N2CCC(Nc3ccc(F)cc3C#N)CC2)ncn1. The Morgan fingerprint density at radius 1 is 1.29 bits per heavy atom. The number of piperidine rings is 1. The van der Waals surface area contributed by atoms with Gasteiger partial charge in [0.15, 0.2) is 0 Å². The first-order valence-corrected chi connectivity index (χ1v) is 8.21. The van der Waals surface area contributed by atoms with Crippen molar-refractivity contribution in [2.75, 3.05) is 23.3 Å². The average molecular weight is 325 g/mol. The summed E-state index contributed by atoms with van der Waals surface area (Å²) in [5, 5.41) is 12.5. The number of hydrogen-bond acceptors (Lipinski definition) is 5. The van der Waals surface area contributed by atoms with E-state index in [2.05, 4.69) is 27.1 Å². The van der Waals surface area contributed by atoms with Crippen molar-refractivity contribution in [1.29, 1.82) is 5.26 Å². The summed E-state index contributed by atoms with van der Waals surface area (Å²) in [7, 11) is 0. The van der Waals surface area contributed by atoms with Gasteiger partial charge in [0, 0.05) is 30.9 Å². The summed E-state index contributed by atoms with van der Waals surface area (Å²) in [5.74, 6) is 0.585. The minimum Gasteiger partial charge on any atom is -0.381 e. The van der Waals surface area contributed by atoms with Crippen molar-refractivity contribution in [3.05, 3.63) is 47.7 Å². The van der Waals surface area contributed by atoms with Crippen LogP contribution in [0, 0.1) is 17.1 Å². The van der Waals surface area contributed by atoms with Crippen molar-refractivity contribution >= 4 is 11.5 Å². The lowest BCUT2D eigenvalue weighted by Crippen LogP contribution is -2.39. The van der Waals surface area contributed by atoms with Gasteiger partial charge in [-0.1, -0.05) is 6.92 Å². The number of rotatable bonds is 4. The highest BCUT2D eigenvalue weighted by Gasteiger charge is 2.21. The zero-order chi connectivity index (χ0) is 16.9. The highest BCUT2D eigenvalue weighted by molar-refractivity contribution is 5.58. The van der Waals surface area contributed by atoms with E-state index in [-0.39, 0.29) is 11.9 Å². The molecule has 1 aromatic carbocycles. The number of nitriles is 1. The quantitative estimate of drug-likeness (QED) is 0.935. The highest BCUT2D eigenvalue weighted by Crippen LogP contribution is 2.23. The number of nitrogens with zero attached hydrogens (tertiary/aromatic N) is 4. The third kappa shape index (κ3) is 3.62. The minimum atomic E-state index is -0.387. The van der Waals surface area contributed by atoms with E-state index in [0.29, 0.717) is 11.3 Å². The molecule has 1 aromatic heterocycles. The monoisotopic (exact) mass is 325 g/mol. The Hall–Kier alpha value is -2.68. The van der Waals surface area contributed by atoms with Crippen LogP contribution in [0.2, 0.25) is 0 Å². The summed E-state index contributed by atoms with van der Waals surface area (Å²) < 4.78 is 13.2. The number of anilines is 2. The zero-order valence-electron chi connectivity index (χ0n) is 13.7. The van der Waals surface area contributed by atoms with Gasteiger partial charge in [0.2, 0.25) is 0 Å². The molecule has 0 bridgehead atoms. The van der Waals surface area contributed by atoms with Gasteiger partial charge in [0.1, 0.15) is 24.0 Å². The van der Waals surface area contributed by atoms with Crippen LogP contribution in [0.1, 0.15) is 31.0 Å². The van der Waals surface area contributed by atoms with Crippen LogP contribution in [-0.2, 0) is 6.42 Å². The van der Waals surface area contributed by atoms with Crippen LogP contribution < -0.4 is 10.2 Å². The molecule has 1 saturated heterocycles. The maximum absolute atomic E-state index is 13.2. The standard InChI is InChI=1S/C18H20FN5/c1-2-15-10-18(22-12-21-15)24-7-5-16(6-8-24)23-17-4-3-14(19)9-13(17)11-20/h3-4,9-10,12,16,23H,2,5-8H2,1H3. The summed E-state index contributed by atoms with van der Waals surface area (Å²) in [6, 6.07) is 8.64. The number of benzene rings is 1. The highest BCUT2D eigenvalue weighted by atomic mass is 19.1. The van der Waals surface area contributed by atoms with Crippen LogP contribution in [0.5, 0.6) is 0 Å². The molecule has 0 atom stereocenters. The van der Waals surface area contributed by atoms with Gasteiger partial charge in [0.25, 0.3) is 0 Å². The van der Waals surface area contributed by atoms with Gasteiger partial charge < -0.3 is 10.2 Å². The molecule has 1 aliphatic rings. The Kier molecular flexibility index (Phi) is 4.90. The molecule has 0 radical (unpaired) electrons. The Morgan fingerprint density at radius 3 is 2.79 bits per heavy atom. The maximum atomic E-state index is 13.2. The Balaban J connectivity index is 1.62. The molecule has 3 rings (SSSR count). The van der Waals surface area contributed by atoms with Crippen LogP contribution in [-0.4, -0.2) is 29.1 Å². The molecular formula is C18H20FN5. The van der Waals surface area contributed by atoms with Crippen LogP contribution in [0.25, 0.3) is 0 Å². The van der Waals surface area contributed by atoms with E-state index in [1.165, 1.54) is 12.1 Å². The molecule has 0 saturated carbocycles. The van der Waals surface area contributed by atoms with Gasteiger partial charge in [-0.25, -0.2) is 14.4 Å². The van der Waals surface area contributed by atoms with Crippen molar-refractivity contribution < 1.29 is 4.39 Å². The van der Waals surface area contributed by atoms with E-state index in [1.54, 1.807) is 12.4 Å². The second-order valence-electron chi connectivity index (χ2n) is 5.93. The lowest BCUT2D eigenvalue weighted by Gasteiger charge is -2.33. The largest absolute Gasteiger partial charge is 0.381 e. The van der Waals surface area contributed by atoms with Gasteiger partial charge in [-0.05, 0) is 37.5 Å². The lowest BCUT2D eigenvalue weighted by molar-refractivity contribution is 0.523. The molecule has 1 fully saturated rings. The molecule has 0 aliphatic carbocycles. The predicted octanol–water partition coefficient (Wildman–Crippen LogP) is 3.13. The fraction of sp³-hybridized carbons (Fsp3) is 0.389. The molecule has 24 heavy (non-hydrogen) atoms. The number of hydrogen-bond donors (Lipinski definition) is 1. The molecule has 1 N–H and O–H groups in total. The van der Waals surface area contributed by atoms with E-state index in [1.807, 2.05) is 12.1 Å². The molecule has 2 aromatic rings. The summed E-state index contributed by atoms with van der Waals surface area (Å²) >= 11 is 0. The van der Waals surface area contributed by atoms with Crippen molar-refractivity contribution in [2.24, 2.45) is 0 Å². The molecule has 5 nitrogen and oxygen atoms in total. The fourth-order valence-electron chi connectivity index (χ4n) is 2.96. The molecule has 6 heteroatoms. The van der Waals surface area contributed by atoms with Crippen LogP contribution in [0.15, 0.2) is 30.6 Å². The average Bonchev–Trinajstić information content (AvgIpc) is 2.64. The Labute approximate surface area is 141 Å². The third-order valence-corrected chi connectivity index (χ3v) is 4.35. The van der Waals surface area contributed by atoms with Crippen molar-refractivity contribution in [3.63, 3.8) is 0 Å². The first-order chi connectivity index (χ1) is 11.7. The lowest BCUT2D eigenvalue weighted by atomic mass is 10.0. The molecule has 0 unspecified atom stereocenters. The topological polar surface area (TPSA) is 64.8 Å². The number of aryl methyl sites for hydroxylation is 1. The fourth-order valence-corrected chi connectivity index (χ4v) is 2.96. The molecule has 0 amide bonds. The Morgan fingerprint density at radius 2 is 2.08 bits per heavy atom. The second kappa shape index (κ2) is 7.26. The molecule has 2 heterocycles. The number of aromatic nitrogens is 2. The predicted molar refractivity (Wildman–Crippen MR) is 91.4 cm³/mol. The maximum Gasteiger partial charge on any atom is 0.132 e. The van der Waals surface area contributed by atoms with Crippen molar-refractivity contribution in [1.82, 2.24) is 9.97 Å². The van der Waals surface area contributed by atoms with Crippen molar-refractivity contribution in [3.8, 4) is 6.07 Å². The summed E-state index contributed by atoms with van der Waals surface area (Å²) in [4.78, 5) is 10.9. The molecule has 0 spiro atoms. The molecule has 1 aliphatic heterocycles. The normalized spacial score (nSPS) is 15.1. The second-order valence-corrected chi connectivity index (χ2v) is 5.93. The Bertz CT molecular complexity index is 747. The van der Waals surface area contributed by atoms with Gasteiger partial charge >= 0.3 is 0 Å². The third-order valence-electron chi connectivity index (χ3n) is 4.35. The van der Waals surface area contributed by atoms with E-state index < -0.39 is 0 Å². The van der Waals surface area contributed by atoms with Gasteiger partial charge in [0.05, 0.1) is 11.3 Å². The first-order valence-electron chi connectivity index (χ1n) is 8.21. The van der Waals surface area contributed by atoms with E-state index >= 15 is 0 Å². The summed E-state index contributed by atoms with van der Waals surface area (Å²) in [5.41, 5.74) is 2.10. The first kappa shape index (κ1) is 16.2. The zero-order valence-corrected chi connectivity index (χ0v) is 13.7.